The SMILES string of the molecule is CN(Cc1ccccc1)C1CCC1. The van der Waals surface area contributed by atoms with E-state index in [0.717, 1.165) is 12.6 Å². The molecule has 1 aromatic rings. The fraction of sp³-hybridized carbons (Fsp3) is 0.500. The van der Waals surface area contributed by atoms with Crippen LogP contribution >= 0.6 is 0 Å². The van der Waals surface area contributed by atoms with Crippen LogP contribution in [0.5, 0.6) is 0 Å². The number of benzene rings is 1. The minimum absolute atomic E-state index is 0.847. The second kappa shape index (κ2) is 3.93. The summed E-state index contributed by atoms with van der Waals surface area (Å²) in [5.41, 5.74) is 1.43. The highest BCUT2D eigenvalue weighted by Crippen LogP contribution is 2.24. The summed E-state index contributed by atoms with van der Waals surface area (Å²) in [7, 11) is 2.23. The van der Waals surface area contributed by atoms with Crippen molar-refractivity contribution in [1.82, 2.24) is 4.90 Å². The van der Waals surface area contributed by atoms with Crippen LogP contribution in [0.2, 0.25) is 0 Å². The number of hydrogen-bond acceptors (Lipinski definition) is 1. The van der Waals surface area contributed by atoms with Crippen molar-refractivity contribution >= 4 is 0 Å². The summed E-state index contributed by atoms with van der Waals surface area (Å²) < 4.78 is 0. The second-order valence-electron chi connectivity index (χ2n) is 3.99. The van der Waals surface area contributed by atoms with E-state index in [-0.39, 0.29) is 0 Å². The molecular formula is C12H17N. The van der Waals surface area contributed by atoms with Gasteiger partial charge in [0.2, 0.25) is 0 Å². The standard InChI is InChI=1S/C12H17N/c1-13(12-8-5-9-12)10-11-6-3-2-4-7-11/h2-4,6-7,12H,5,8-10H2,1H3. The molecular weight excluding hydrogens is 158 g/mol. The van der Waals surface area contributed by atoms with Gasteiger partial charge in [-0.2, -0.15) is 0 Å². The Morgan fingerprint density at radius 3 is 2.46 bits per heavy atom. The monoisotopic (exact) mass is 175 g/mol. The number of nitrogens with zero attached hydrogens (tertiary/aromatic N) is 1. The van der Waals surface area contributed by atoms with Gasteiger partial charge in [-0.05, 0) is 25.5 Å². The first kappa shape index (κ1) is 8.76. The normalized spacial score (nSPS) is 17.4. The number of hydrogen-bond donors (Lipinski definition) is 0. The Kier molecular flexibility index (Phi) is 2.65. The molecule has 1 aliphatic rings. The Hall–Kier alpha value is -0.820. The Bertz CT molecular complexity index is 251. The predicted molar refractivity (Wildman–Crippen MR) is 55.5 cm³/mol. The largest absolute Gasteiger partial charge is 0.299 e. The lowest BCUT2D eigenvalue weighted by molar-refractivity contribution is 0.152. The summed E-state index contributed by atoms with van der Waals surface area (Å²) in [6.45, 7) is 1.10. The van der Waals surface area contributed by atoms with Gasteiger partial charge in [-0.15, -0.1) is 0 Å². The quantitative estimate of drug-likeness (QED) is 0.682. The van der Waals surface area contributed by atoms with Gasteiger partial charge in [0.05, 0.1) is 0 Å². The molecule has 13 heavy (non-hydrogen) atoms. The Balaban J connectivity index is 1.90. The third kappa shape index (κ3) is 2.10. The molecule has 0 aliphatic heterocycles. The maximum absolute atomic E-state index is 2.47. The first-order valence-corrected chi connectivity index (χ1v) is 5.10. The van der Waals surface area contributed by atoms with Crippen LogP contribution < -0.4 is 0 Å². The highest BCUT2D eigenvalue weighted by molar-refractivity contribution is 5.14. The molecule has 0 radical (unpaired) electrons. The molecule has 1 heteroatoms. The zero-order chi connectivity index (χ0) is 9.10. The van der Waals surface area contributed by atoms with Crippen LogP contribution in [-0.2, 0) is 6.54 Å². The molecule has 0 amide bonds. The van der Waals surface area contributed by atoms with E-state index >= 15 is 0 Å². The van der Waals surface area contributed by atoms with Gasteiger partial charge in [-0.3, -0.25) is 4.90 Å². The molecule has 1 aromatic carbocycles. The van der Waals surface area contributed by atoms with Gasteiger partial charge in [0.15, 0.2) is 0 Å². The summed E-state index contributed by atoms with van der Waals surface area (Å²) >= 11 is 0. The van der Waals surface area contributed by atoms with Crippen LogP contribution in [0.15, 0.2) is 30.3 Å². The van der Waals surface area contributed by atoms with E-state index in [2.05, 4.69) is 42.3 Å². The van der Waals surface area contributed by atoms with E-state index in [4.69, 9.17) is 0 Å². The summed E-state index contributed by atoms with van der Waals surface area (Å²) in [6.07, 6.45) is 4.20. The first-order valence-electron chi connectivity index (χ1n) is 5.10. The predicted octanol–water partition coefficient (Wildman–Crippen LogP) is 2.67. The van der Waals surface area contributed by atoms with Gasteiger partial charge in [0.1, 0.15) is 0 Å². The lowest BCUT2D eigenvalue weighted by Gasteiger charge is -2.34. The molecule has 1 fully saturated rings. The van der Waals surface area contributed by atoms with E-state index in [0.29, 0.717) is 0 Å². The summed E-state index contributed by atoms with van der Waals surface area (Å²) in [4.78, 5) is 2.47. The first-order chi connectivity index (χ1) is 6.36. The molecule has 1 aliphatic carbocycles. The van der Waals surface area contributed by atoms with Crippen molar-refractivity contribution in [1.29, 1.82) is 0 Å². The van der Waals surface area contributed by atoms with Gasteiger partial charge < -0.3 is 0 Å². The van der Waals surface area contributed by atoms with Gasteiger partial charge in [0.25, 0.3) is 0 Å². The smallest absolute Gasteiger partial charge is 0.0233 e. The lowest BCUT2D eigenvalue weighted by atomic mass is 9.91. The van der Waals surface area contributed by atoms with Crippen LogP contribution in [0.25, 0.3) is 0 Å². The molecule has 1 saturated carbocycles. The van der Waals surface area contributed by atoms with Crippen LogP contribution in [-0.4, -0.2) is 18.0 Å². The Morgan fingerprint density at radius 1 is 1.23 bits per heavy atom. The van der Waals surface area contributed by atoms with Crippen LogP contribution in [0.1, 0.15) is 24.8 Å². The third-order valence-electron chi connectivity index (χ3n) is 2.97. The molecule has 1 nitrogen and oxygen atoms in total. The van der Waals surface area contributed by atoms with Crippen LogP contribution in [0, 0.1) is 0 Å². The lowest BCUT2D eigenvalue weighted by Crippen LogP contribution is -2.36. The zero-order valence-corrected chi connectivity index (χ0v) is 8.24. The highest BCUT2D eigenvalue weighted by atomic mass is 15.1. The van der Waals surface area contributed by atoms with Crippen molar-refractivity contribution in [3.63, 3.8) is 0 Å². The highest BCUT2D eigenvalue weighted by Gasteiger charge is 2.21. The van der Waals surface area contributed by atoms with E-state index < -0.39 is 0 Å². The topological polar surface area (TPSA) is 3.24 Å². The molecule has 0 N–H and O–H groups in total. The molecule has 2 rings (SSSR count). The van der Waals surface area contributed by atoms with Crippen molar-refractivity contribution in [2.24, 2.45) is 0 Å². The molecule has 0 spiro atoms. The van der Waals surface area contributed by atoms with Crippen LogP contribution in [0.3, 0.4) is 0 Å². The van der Waals surface area contributed by atoms with Crippen LogP contribution in [0.4, 0.5) is 0 Å². The maximum atomic E-state index is 2.47. The Labute approximate surface area is 80.4 Å². The molecule has 0 bridgehead atoms. The maximum Gasteiger partial charge on any atom is 0.0233 e. The van der Waals surface area contributed by atoms with E-state index in [9.17, 15) is 0 Å². The summed E-state index contributed by atoms with van der Waals surface area (Å²) in [5, 5.41) is 0. The van der Waals surface area contributed by atoms with Crippen molar-refractivity contribution in [3.8, 4) is 0 Å². The minimum Gasteiger partial charge on any atom is -0.299 e. The average molecular weight is 175 g/mol. The fourth-order valence-electron chi connectivity index (χ4n) is 1.83. The minimum atomic E-state index is 0.847. The number of rotatable bonds is 3. The van der Waals surface area contributed by atoms with Crippen molar-refractivity contribution in [3.05, 3.63) is 35.9 Å². The molecule has 0 atom stereocenters. The van der Waals surface area contributed by atoms with Crippen molar-refractivity contribution < 1.29 is 0 Å². The molecule has 0 saturated heterocycles. The van der Waals surface area contributed by atoms with Crippen molar-refractivity contribution in [2.75, 3.05) is 7.05 Å². The average Bonchev–Trinajstić information content (AvgIpc) is 2.02. The van der Waals surface area contributed by atoms with Gasteiger partial charge >= 0.3 is 0 Å². The van der Waals surface area contributed by atoms with Gasteiger partial charge in [0, 0.05) is 12.6 Å². The van der Waals surface area contributed by atoms with E-state index in [1.165, 1.54) is 24.8 Å². The fourth-order valence-corrected chi connectivity index (χ4v) is 1.83. The molecule has 0 aromatic heterocycles. The summed E-state index contributed by atoms with van der Waals surface area (Å²) in [5.74, 6) is 0. The van der Waals surface area contributed by atoms with E-state index in [1.807, 2.05) is 0 Å². The van der Waals surface area contributed by atoms with E-state index in [1.54, 1.807) is 0 Å². The molecule has 0 heterocycles. The molecule has 0 unspecified atom stereocenters. The Morgan fingerprint density at radius 2 is 1.92 bits per heavy atom. The second-order valence-corrected chi connectivity index (χ2v) is 3.99. The van der Waals surface area contributed by atoms with Gasteiger partial charge in [-0.25, -0.2) is 0 Å². The molecule has 70 valence electrons. The van der Waals surface area contributed by atoms with Crippen molar-refractivity contribution in [2.45, 2.75) is 31.8 Å². The third-order valence-corrected chi connectivity index (χ3v) is 2.97. The zero-order valence-electron chi connectivity index (χ0n) is 8.24. The summed E-state index contributed by atoms with van der Waals surface area (Å²) in [6, 6.07) is 11.6. The van der Waals surface area contributed by atoms with Gasteiger partial charge in [-0.1, -0.05) is 36.8 Å².